The average Bonchev–Trinajstić information content (AvgIpc) is 3.10. The van der Waals surface area contributed by atoms with Gasteiger partial charge in [-0.2, -0.15) is 0 Å². The summed E-state index contributed by atoms with van der Waals surface area (Å²) >= 11 is 0. The first-order valence-corrected chi connectivity index (χ1v) is 7.61. The van der Waals surface area contributed by atoms with Crippen molar-refractivity contribution in [2.24, 2.45) is 0 Å². The van der Waals surface area contributed by atoms with Crippen LogP contribution in [0.15, 0.2) is 59.1 Å². The van der Waals surface area contributed by atoms with E-state index in [0.29, 0.717) is 29.4 Å². The number of hydrogen-bond acceptors (Lipinski definition) is 5. The van der Waals surface area contributed by atoms with E-state index in [1.807, 2.05) is 48.5 Å². The van der Waals surface area contributed by atoms with E-state index in [9.17, 15) is 5.11 Å². The lowest BCUT2D eigenvalue weighted by Gasteiger charge is -2.08. The number of aromatic nitrogens is 1. The lowest BCUT2D eigenvalue weighted by molar-refractivity contribution is 0.167. The molecule has 0 fully saturated rings. The number of rotatable bonds is 6. The summed E-state index contributed by atoms with van der Waals surface area (Å²) in [6.07, 6.45) is -0.273. The molecule has 0 radical (unpaired) electrons. The Bertz CT molecular complexity index is 776. The number of methoxy groups -OCH3 is 2. The van der Waals surface area contributed by atoms with Crippen molar-refractivity contribution in [1.29, 1.82) is 0 Å². The molecule has 1 N–H and O–H groups in total. The summed E-state index contributed by atoms with van der Waals surface area (Å²) in [5.41, 5.74) is 2.34. The van der Waals surface area contributed by atoms with Crippen molar-refractivity contribution in [1.82, 2.24) is 5.16 Å². The van der Waals surface area contributed by atoms with Gasteiger partial charge >= 0.3 is 0 Å². The number of aliphatic hydroxyl groups is 1. The second-order valence-corrected chi connectivity index (χ2v) is 5.41. The molecule has 0 bridgehead atoms. The molecule has 5 nitrogen and oxygen atoms in total. The van der Waals surface area contributed by atoms with Gasteiger partial charge in [0.25, 0.3) is 0 Å². The van der Waals surface area contributed by atoms with Gasteiger partial charge in [-0.05, 0) is 17.7 Å². The summed E-state index contributed by atoms with van der Waals surface area (Å²) < 4.78 is 15.9. The van der Waals surface area contributed by atoms with Crippen LogP contribution in [-0.2, 0) is 6.42 Å². The van der Waals surface area contributed by atoms with Crippen molar-refractivity contribution in [3.8, 4) is 22.8 Å². The predicted molar refractivity (Wildman–Crippen MR) is 90.1 cm³/mol. The second kappa shape index (κ2) is 7.19. The van der Waals surface area contributed by atoms with Crippen LogP contribution >= 0.6 is 0 Å². The number of ether oxygens (including phenoxy) is 2. The Morgan fingerprint density at radius 1 is 1.00 bits per heavy atom. The first-order chi connectivity index (χ1) is 11.7. The van der Waals surface area contributed by atoms with Gasteiger partial charge in [0.1, 0.15) is 23.0 Å². The molecule has 124 valence electrons. The zero-order valence-electron chi connectivity index (χ0n) is 13.6. The van der Waals surface area contributed by atoms with E-state index in [4.69, 9.17) is 14.0 Å². The molecule has 5 heteroatoms. The Morgan fingerprint density at radius 2 is 1.67 bits per heavy atom. The molecule has 1 heterocycles. The summed E-state index contributed by atoms with van der Waals surface area (Å²) in [5.74, 6) is 1.97. The molecule has 3 aromatic rings. The van der Waals surface area contributed by atoms with Crippen LogP contribution in [0.5, 0.6) is 11.5 Å². The van der Waals surface area contributed by atoms with E-state index in [-0.39, 0.29) is 0 Å². The van der Waals surface area contributed by atoms with Crippen LogP contribution in [0, 0.1) is 0 Å². The predicted octanol–water partition coefficient (Wildman–Crippen LogP) is 3.63. The van der Waals surface area contributed by atoms with Gasteiger partial charge in [0.2, 0.25) is 0 Å². The van der Waals surface area contributed by atoms with E-state index < -0.39 is 6.10 Å². The molecule has 0 saturated carbocycles. The topological polar surface area (TPSA) is 64.7 Å². The minimum Gasteiger partial charge on any atom is -0.497 e. The summed E-state index contributed by atoms with van der Waals surface area (Å²) in [7, 11) is 3.20. The fourth-order valence-electron chi connectivity index (χ4n) is 2.48. The summed E-state index contributed by atoms with van der Waals surface area (Å²) in [4.78, 5) is 0. The van der Waals surface area contributed by atoms with Gasteiger partial charge in [0.05, 0.1) is 20.3 Å². The Morgan fingerprint density at radius 3 is 2.29 bits per heavy atom. The molecule has 1 unspecified atom stereocenters. The van der Waals surface area contributed by atoms with Crippen LogP contribution in [0.25, 0.3) is 11.3 Å². The molecule has 0 saturated heterocycles. The van der Waals surface area contributed by atoms with Crippen molar-refractivity contribution < 1.29 is 19.1 Å². The van der Waals surface area contributed by atoms with Crippen LogP contribution in [0.4, 0.5) is 0 Å². The Balaban J connectivity index is 1.81. The van der Waals surface area contributed by atoms with Gasteiger partial charge in [0, 0.05) is 24.1 Å². The highest BCUT2D eigenvalue weighted by Crippen LogP contribution is 2.30. The van der Waals surface area contributed by atoms with Crippen molar-refractivity contribution >= 4 is 0 Å². The second-order valence-electron chi connectivity index (χ2n) is 5.41. The third-order valence-corrected chi connectivity index (χ3v) is 3.79. The molecule has 1 atom stereocenters. The molecule has 0 aliphatic rings. The Hall–Kier alpha value is -2.79. The maximum Gasteiger partial charge on any atom is 0.140 e. The lowest BCUT2D eigenvalue weighted by atomic mass is 10.0. The minimum atomic E-state index is -0.633. The standard InChI is InChI=1S/C19H19NO4/c1-22-15-8-14(9-16(10-15)23-2)18-11-17(24-20-18)12-19(21)13-6-4-3-5-7-13/h3-11,19,21H,12H2,1-2H3. The van der Waals surface area contributed by atoms with E-state index >= 15 is 0 Å². The maximum atomic E-state index is 10.3. The highest BCUT2D eigenvalue weighted by atomic mass is 16.5. The Kier molecular flexibility index (Phi) is 4.82. The smallest absolute Gasteiger partial charge is 0.140 e. The zero-order valence-corrected chi connectivity index (χ0v) is 13.6. The third kappa shape index (κ3) is 3.58. The SMILES string of the molecule is COc1cc(OC)cc(-c2cc(CC(O)c3ccccc3)on2)c1. The quantitative estimate of drug-likeness (QED) is 0.749. The fourth-order valence-corrected chi connectivity index (χ4v) is 2.48. The normalized spacial score (nSPS) is 12.0. The molecule has 24 heavy (non-hydrogen) atoms. The molecule has 0 spiro atoms. The van der Waals surface area contributed by atoms with Crippen LogP contribution in [-0.4, -0.2) is 24.5 Å². The number of nitrogens with zero attached hydrogens (tertiary/aromatic N) is 1. The fraction of sp³-hybridized carbons (Fsp3) is 0.211. The van der Waals surface area contributed by atoms with Gasteiger partial charge in [-0.3, -0.25) is 0 Å². The van der Waals surface area contributed by atoms with Gasteiger partial charge in [0.15, 0.2) is 0 Å². The van der Waals surface area contributed by atoms with Crippen LogP contribution < -0.4 is 9.47 Å². The van der Waals surface area contributed by atoms with Crippen molar-refractivity contribution in [3.63, 3.8) is 0 Å². The monoisotopic (exact) mass is 325 g/mol. The molecule has 2 aromatic carbocycles. The molecular weight excluding hydrogens is 306 g/mol. The average molecular weight is 325 g/mol. The lowest BCUT2D eigenvalue weighted by Crippen LogP contribution is -2.00. The Labute approximate surface area is 140 Å². The van der Waals surface area contributed by atoms with Gasteiger partial charge in [-0.15, -0.1) is 0 Å². The molecule has 3 rings (SSSR count). The van der Waals surface area contributed by atoms with E-state index in [2.05, 4.69) is 5.16 Å². The molecule has 0 aliphatic heterocycles. The van der Waals surface area contributed by atoms with Crippen LogP contribution in [0.1, 0.15) is 17.4 Å². The van der Waals surface area contributed by atoms with Crippen LogP contribution in [0.3, 0.4) is 0 Å². The third-order valence-electron chi connectivity index (χ3n) is 3.79. The molecule has 1 aromatic heterocycles. The first-order valence-electron chi connectivity index (χ1n) is 7.61. The van der Waals surface area contributed by atoms with Crippen molar-refractivity contribution in [2.45, 2.75) is 12.5 Å². The van der Waals surface area contributed by atoms with Gasteiger partial charge in [-0.1, -0.05) is 35.5 Å². The highest BCUT2D eigenvalue weighted by molar-refractivity contribution is 5.63. The van der Waals surface area contributed by atoms with Gasteiger partial charge < -0.3 is 19.1 Å². The van der Waals surface area contributed by atoms with Crippen molar-refractivity contribution in [2.75, 3.05) is 14.2 Å². The van der Waals surface area contributed by atoms with Crippen molar-refractivity contribution in [3.05, 3.63) is 65.9 Å². The summed E-state index contributed by atoms with van der Waals surface area (Å²) in [6.45, 7) is 0. The summed E-state index contributed by atoms with van der Waals surface area (Å²) in [5, 5.41) is 14.4. The summed E-state index contributed by atoms with van der Waals surface area (Å²) in [6, 6.07) is 16.8. The molecule has 0 amide bonds. The van der Waals surface area contributed by atoms with E-state index in [1.165, 1.54) is 0 Å². The van der Waals surface area contributed by atoms with Crippen LogP contribution in [0.2, 0.25) is 0 Å². The number of benzene rings is 2. The largest absolute Gasteiger partial charge is 0.497 e. The number of aliphatic hydroxyl groups excluding tert-OH is 1. The van der Waals surface area contributed by atoms with E-state index in [0.717, 1.165) is 11.1 Å². The minimum absolute atomic E-state index is 0.359. The number of hydrogen-bond donors (Lipinski definition) is 1. The molecule has 0 aliphatic carbocycles. The van der Waals surface area contributed by atoms with E-state index in [1.54, 1.807) is 20.3 Å². The highest BCUT2D eigenvalue weighted by Gasteiger charge is 2.14. The van der Waals surface area contributed by atoms with Gasteiger partial charge in [-0.25, -0.2) is 0 Å². The maximum absolute atomic E-state index is 10.3. The zero-order chi connectivity index (χ0) is 16.9. The molecular formula is C19H19NO4. The first kappa shape index (κ1) is 16.1.